The molecule has 23 heavy (non-hydrogen) atoms. The van der Waals surface area contributed by atoms with Crippen LogP contribution in [-0.2, 0) is 4.74 Å². The van der Waals surface area contributed by atoms with E-state index in [0.717, 1.165) is 0 Å². The summed E-state index contributed by atoms with van der Waals surface area (Å²) in [6.45, 7) is 5.40. The predicted octanol–water partition coefficient (Wildman–Crippen LogP) is 2.93. The van der Waals surface area contributed by atoms with Crippen molar-refractivity contribution in [2.24, 2.45) is 0 Å². The lowest BCUT2D eigenvalue weighted by Crippen LogP contribution is -2.14. The third-order valence-corrected chi connectivity index (χ3v) is 3.39. The van der Waals surface area contributed by atoms with Gasteiger partial charge < -0.3 is 15.0 Å². The monoisotopic (exact) mass is 311 g/mol. The summed E-state index contributed by atoms with van der Waals surface area (Å²) in [6.07, 6.45) is 0. The molecule has 1 aromatic carbocycles. The van der Waals surface area contributed by atoms with Gasteiger partial charge in [-0.15, -0.1) is 0 Å². The van der Waals surface area contributed by atoms with Crippen LogP contribution in [0.3, 0.4) is 0 Å². The van der Waals surface area contributed by atoms with Crippen LogP contribution in [-0.4, -0.2) is 23.5 Å². The zero-order valence-electron chi connectivity index (χ0n) is 13.2. The number of esters is 1. The quantitative estimate of drug-likeness (QED) is 0.849. The van der Waals surface area contributed by atoms with Crippen molar-refractivity contribution in [1.82, 2.24) is 4.98 Å². The molecule has 0 saturated carbocycles. The maximum absolute atomic E-state index is 12.4. The first-order chi connectivity index (χ1) is 11.0. The largest absolute Gasteiger partial charge is 0.462 e. The van der Waals surface area contributed by atoms with Crippen LogP contribution in [0.5, 0.6) is 0 Å². The second kappa shape index (κ2) is 6.79. The molecule has 1 aromatic heterocycles. The van der Waals surface area contributed by atoms with Crippen LogP contribution in [0.4, 0.5) is 5.69 Å². The molecule has 6 heteroatoms. The summed E-state index contributed by atoms with van der Waals surface area (Å²) in [4.78, 5) is 27.3. The first-order valence-electron chi connectivity index (χ1n) is 7.15. The molecule has 2 aromatic rings. The Morgan fingerprint density at radius 3 is 2.74 bits per heavy atom. The zero-order valence-corrected chi connectivity index (χ0v) is 13.2. The molecule has 2 rings (SSSR count). The van der Waals surface area contributed by atoms with Crippen molar-refractivity contribution in [3.05, 3.63) is 52.3 Å². The number of ether oxygens (including phenoxy) is 1. The number of nitrogens with zero attached hydrogens (tertiary/aromatic N) is 1. The third-order valence-electron chi connectivity index (χ3n) is 3.39. The van der Waals surface area contributed by atoms with Crippen LogP contribution in [0, 0.1) is 25.2 Å². The molecule has 0 radical (unpaired) electrons. The number of hydrogen-bond acceptors (Lipinski definition) is 4. The molecular weight excluding hydrogens is 294 g/mol. The van der Waals surface area contributed by atoms with E-state index >= 15 is 0 Å². The van der Waals surface area contributed by atoms with E-state index in [1.165, 1.54) is 0 Å². The Hall–Kier alpha value is -3.07. The van der Waals surface area contributed by atoms with E-state index in [1.54, 1.807) is 45.0 Å². The summed E-state index contributed by atoms with van der Waals surface area (Å²) in [5.74, 6) is -0.833. The van der Waals surface area contributed by atoms with E-state index in [-0.39, 0.29) is 12.5 Å². The molecule has 0 aliphatic carbocycles. The number of aromatic nitrogens is 1. The number of benzene rings is 1. The molecule has 6 nitrogen and oxygen atoms in total. The van der Waals surface area contributed by atoms with Gasteiger partial charge in [-0.05, 0) is 44.5 Å². The number of anilines is 1. The van der Waals surface area contributed by atoms with Crippen LogP contribution in [0.1, 0.15) is 44.6 Å². The Labute approximate surface area is 134 Å². The van der Waals surface area contributed by atoms with E-state index < -0.39 is 5.97 Å². The standard InChI is InChI=1S/C17H17N3O3/c1-4-23-17(22)14-10(2)15(19-11(14)3)16(21)20-13-7-5-6-12(8-13)9-18/h5-8,19H,4H2,1-3H3,(H,20,21). The molecule has 0 aliphatic rings. The topological polar surface area (TPSA) is 95.0 Å². The van der Waals surface area contributed by atoms with Crippen LogP contribution in [0.25, 0.3) is 0 Å². The number of nitriles is 1. The van der Waals surface area contributed by atoms with Gasteiger partial charge in [-0.3, -0.25) is 4.79 Å². The molecule has 0 unspecified atom stereocenters. The zero-order chi connectivity index (χ0) is 17.0. The van der Waals surface area contributed by atoms with E-state index in [0.29, 0.717) is 33.8 Å². The SMILES string of the molecule is CCOC(=O)c1c(C)[nH]c(C(=O)Nc2cccc(C#N)c2)c1C. The number of aryl methyl sites for hydroxylation is 1. The Bertz CT molecular complexity index is 800. The molecule has 1 amide bonds. The number of aromatic amines is 1. The van der Waals surface area contributed by atoms with Crippen molar-refractivity contribution < 1.29 is 14.3 Å². The Morgan fingerprint density at radius 1 is 1.35 bits per heavy atom. The first-order valence-corrected chi connectivity index (χ1v) is 7.15. The molecule has 0 spiro atoms. The fourth-order valence-electron chi connectivity index (χ4n) is 2.35. The van der Waals surface area contributed by atoms with Crippen molar-refractivity contribution in [2.45, 2.75) is 20.8 Å². The number of hydrogen-bond donors (Lipinski definition) is 2. The number of H-pyrrole nitrogens is 1. The van der Waals surface area contributed by atoms with Crippen molar-refractivity contribution >= 4 is 17.6 Å². The highest BCUT2D eigenvalue weighted by atomic mass is 16.5. The van der Waals surface area contributed by atoms with Gasteiger partial charge in [-0.2, -0.15) is 5.26 Å². The predicted molar refractivity (Wildman–Crippen MR) is 85.3 cm³/mol. The second-order valence-corrected chi connectivity index (χ2v) is 4.99. The summed E-state index contributed by atoms with van der Waals surface area (Å²) in [7, 11) is 0. The van der Waals surface area contributed by atoms with Gasteiger partial charge in [-0.25, -0.2) is 4.79 Å². The van der Waals surface area contributed by atoms with Crippen LogP contribution >= 0.6 is 0 Å². The molecule has 1 heterocycles. The Morgan fingerprint density at radius 2 is 2.09 bits per heavy atom. The molecule has 118 valence electrons. The normalized spacial score (nSPS) is 10.0. The van der Waals surface area contributed by atoms with Gasteiger partial charge in [0.25, 0.3) is 5.91 Å². The third kappa shape index (κ3) is 3.40. The summed E-state index contributed by atoms with van der Waals surface area (Å²) in [5, 5.41) is 11.6. The molecule has 0 bridgehead atoms. The number of amides is 1. The van der Waals surface area contributed by atoms with E-state index in [1.807, 2.05) is 6.07 Å². The van der Waals surface area contributed by atoms with Gasteiger partial charge in [0.05, 0.1) is 23.8 Å². The number of carbonyl (C=O) groups is 2. The fourth-order valence-corrected chi connectivity index (χ4v) is 2.35. The summed E-state index contributed by atoms with van der Waals surface area (Å²) >= 11 is 0. The molecule has 0 fully saturated rings. The summed E-state index contributed by atoms with van der Waals surface area (Å²) in [6, 6.07) is 8.62. The van der Waals surface area contributed by atoms with Crippen molar-refractivity contribution in [3.8, 4) is 6.07 Å². The average Bonchev–Trinajstić information content (AvgIpc) is 2.82. The first kappa shape index (κ1) is 16.3. The average molecular weight is 311 g/mol. The summed E-state index contributed by atoms with van der Waals surface area (Å²) < 4.78 is 5.00. The van der Waals surface area contributed by atoms with Crippen molar-refractivity contribution in [1.29, 1.82) is 5.26 Å². The van der Waals surface area contributed by atoms with E-state index in [9.17, 15) is 9.59 Å². The summed E-state index contributed by atoms with van der Waals surface area (Å²) in [5.41, 5.74) is 2.76. The van der Waals surface area contributed by atoms with Gasteiger partial charge in [0, 0.05) is 11.4 Å². The molecule has 0 saturated heterocycles. The van der Waals surface area contributed by atoms with Gasteiger partial charge in [0.2, 0.25) is 0 Å². The highest BCUT2D eigenvalue weighted by molar-refractivity contribution is 6.06. The van der Waals surface area contributed by atoms with Gasteiger partial charge >= 0.3 is 5.97 Å². The lowest BCUT2D eigenvalue weighted by atomic mass is 10.1. The maximum atomic E-state index is 12.4. The lowest BCUT2D eigenvalue weighted by molar-refractivity contribution is 0.0525. The van der Waals surface area contributed by atoms with E-state index in [4.69, 9.17) is 10.00 Å². The number of carbonyl (C=O) groups excluding carboxylic acids is 2. The minimum atomic E-state index is -0.454. The smallest absolute Gasteiger partial charge is 0.340 e. The van der Waals surface area contributed by atoms with Crippen LogP contribution < -0.4 is 5.32 Å². The minimum Gasteiger partial charge on any atom is -0.462 e. The fraction of sp³-hybridized carbons (Fsp3) is 0.235. The number of rotatable bonds is 4. The second-order valence-electron chi connectivity index (χ2n) is 4.99. The molecule has 0 aliphatic heterocycles. The molecular formula is C17H17N3O3. The molecule has 0 atom stereocenters. The van der Waals surface area contributed by atoms with Gasteiger partial charge in [0.1, 0.15) is 5.69 Å². The van der Waals surface area contributed by atoms with Gasteiger partial charge in [0.15, 0.2) is 0 Å². The Kier molecular flexibility index (Phi) is 4.82. The van der Waals surface area contributed by atoms with Crippen molar-refractivity contribution in [2.75, 3.05) is 11.9 Å². The maximum Gasteiger partial charge on any atom is 0.340 e. The van der Waals surface area contributed by atoms with E-state index in [2.05, 4.69) is 10.3 Å². The molecule has 2 N–H and O–H groups in total. The van der Waals surface area contributed by atoms with Gasteiger partial charge in [-0.1, -0.05) is 6.07 Å². The Balaban J connectivity index is 2.28. The highest BCUT2D eigenvalue weighted by Crippen LogP contribution is 2.20. The minimum absolute atomic E-state index is 0.269. The highest BCUT2D eigenvalue weighted by Gasteiger charge is 2.22. The van der Waals surface area contributed by atoms with Crippen molar-refractivity contribution in [3.63, 3.8) is 0 Å². The number of nitrogens with one attached hydrogen (secondary N) is 2. The van der Waals surface area contributed by atoms with Crippen LogP contribution in [0.15, 0.2) is 24.3 Å². The lowest BCUT2D eigenvalue weighted by Gasteiger charge is -2.05. The van der Waals surface area contributed by atoms with Crippen LogP contribution in [0.2, 0.25) is 0 Å².